The summed E-state index contributed by atoms with van der Waals surface area (Å²) in [5, 5.41) is 9.83. The van der Waals surface area contributed by atoms with Gasteiger partial charge in [-0.05, 0) is 62.1 Å². The van der Waals surface area contributed by atoms with E-state index in [-0.39, 0.29) is 6.04 Å². The van der Waals surface area contributed by atoms with E-state index in [9.17, 15) is 9.90 Å². The summed E-state index contributed by atoms with van der Waals surface area (Å²) in [4.78, 5) is 16.2. The van der Waals surface area contributed by atoms with Crippen LogP contribution in [0.1, 0.15) is 47.6 Å². The van der Waals surface area contributed by atoms with Gasteiger partial charge in [0.15, 0.2) is 0 Å². The lowest BCUT2D eigenvalue weighted by molar-refractivity contribution is -0.145. The molecule has 1 heterocycles. The smallest absolute Gasteiger partial charge is 0.320 e. The molecule has 0 saturated carbocycles. The molecule has 2 aromatic rings. The molecule has 1 fully saturated rings. The number of anilines is 1. The number of hydrogen-bond donors (Lipinski definition) is 1. The van der Waals surface area contributed by atoms with Crippen molar-refractivity contribution in [3.8, 4) is 0 Å². The maximum absolute atomic E-state index is 12.0. The Kier molecular flexibility index (Phi) is 5.85. The van der Waals surface area contributed by atoms with Crippen molar-refractivity contribution in [2.24, 2.45) is 0 Å². The predicted octanol–water partition coefficient (Wildman–Crippen LogP) is 4.40. The second-order valence-corrected chi connectivity index (χ2v) is 7.84. The zero-order chi connectivity index (χ0) is 19.6. The molecular formula is C23H30N2O2. The molecule has 0 bridgehead atoms. The van der Waals surface area contributed by atoms with Gasteiger partial charge in [-0.25, -0.2) is 0 Å². The lowest BCUT2D eigenvalue weighted by atomic mass is 9.89. The van der Waals surface area contributed by atoms with E-state index >= 15 is 0 Å². The van der Waals surface area contributed by atoms with E-state index in [1.54, 1.807) is 0 Å². The molecule has 1 aliphatic rings. The Hall–Kier alpha value is -2.33. The lowest BCUT2D eigenvalue weighted by Gasteiger charge is -2.40. The number of piperidine rings is 1. The lowest BCUT2D eigenvalue weighted by Crippen LogP contribution is -2.47. The first-order valence-corrected chi connectivity index (χ1v) is 9.71. The van der Waals surface area contributed by atoms with E-state index in [1.807, 2.05) is 14.1 Å². The topological polar surface area (TPSA) is 43.8 Å². The number of benzene rings is 2. The minimum atomic E-state index is -0.714. The first kappa shape index (κ1) is 19.4. The van der Waals surface area contributed by atoms with Crippen LogP contribution in [0.5, 0.6) is 0 Å². The summed E-state index contributed by atoms with van der Waals surface area (Å²) < 4.78 is 0. The molecule has 2 unspecified atom stereocenters. The number of hydrogen-bond acceptors (Lipinski definition) is 3. The molecule has 1 N–H and O–H groups in total. The number of nitrogens with zero attached hydrogens (tertiary/aromatic N) is 2. The van der Waals surface area contributed by atoms with E-state index in [1.165, 1.54) is 16.7 Å². The van der Waals surface area contributed by atoms with Crippen molar-refractivity contribution < 1.29 is 9.90 Å². The van der Waals surface area contributed by atoms with Crippen molar-refractivity contribution in [3.05, 3.63) is 64.7 Å². The number of likely N-dealkylation sites (tertiary alicyclic amines) is 1. The Morgan fingerprint density at radius 3 is 2.41 bits per heavy atom. The zero-order valence-electron chi connectivity index (χ0n) is 16.8. The van der Waals surface area contributed by atoms with Crippen LogP contribution < -0.4 is 4.90 Å². The van der Waals surface area contributed by atoms with Gasteiger partial charge in [0.2, 0.25) is 0 Å². The highest BCUT2D eigenvalue weighted by atomic mass is 16.4. The normalized spacial score (nSPS) is 18.9. The summed E-state index contributed by atoms with van der Waals surface area (Å²) >= 11 is 0. The molecule has 0 spiro atoms. The van der Waals surface area contributed by atoms with Crippen LogP contribution >= 0.6 is 0 Å². The summed E-state index contributed by atoms with van der Waals surface area (Å²) in [6.45, 7) is 5.03. The van der Waals surface area contributed by atoms with Gasteiger partial charge in [0.25, 0.3) is 0 Å². The summed E-state index contributed by atoms with van der Waals surface area (Å²) in [6, 6.07) is 14.5. The van der Waals surface area contributed by atoms with E-state index < -0.39 is 12.0 Å². The van der Waals surface area contributed by atoms with Crippen LogP contribution in [0.3, 0.4) is 0 Å². The van der Waals surface area contributed by atoms with E-state index in [2.05, 4.69) is 66.1 Å². The molecule has 144 valence electrons. The third-order valence-electron chi connectivity index (χ3n) is 5.61. The molecule has 2 atom stereocenters. The number of carboxylic acids is 1. The fourth-order valence-corrected chi connectivity index (χ4v) is 4.16. The zero-order valence-corrected chi connectivity index (χ0v) is 16.8. The average Bonchev–Trinajstić information content (AvgIpc) is 2.64. The Balaban J connectivity index is 2.09. The van der Waals surface area contributed by atoms with Gasteiger partial charge in [-0.3, -0.25) is 9.69 Å². The van der Waals surface area contributed by atoms with Crippen molar-refractivity contribution in [2.45, 2.75) is 45.2 Å². The van der Waals surface area contributed by atoms with E-state index in [0.29, 0.717) is 6.42 Å². The van der Waals surface area contributed by atoms with Crippen LogP contribution in [0.25, 0.3) is 0 Å². The quantitative estimate of drug-likeness (QED) is 0.852. The van der Waals surface area contributed by atoms with Gasteiger partial charge in [0.1, 0.15) is 6.04 Å². The highest BCUT2D eigenvalue weighted by Crippen LogP contribution is 2.36. The van der Waals surface area contributed by atoms with Crippen LogP contribution in [0.2, 0.25) is 0 Å². The molecule has 4 nitrogen and oxygen atoms in total. The molecule has 2 aromatic carbocycles. The summed E-state index contributed by atoms with van der Waals surface area (Å²) in [5.41, 5.74) is 5.94. The van der Waals surface area contributed by atoms with Crippen molar-refractivity contribution in [3.63, 3.8) is 0 Å². The first-order valence-electron chi connectivity index (χ1n) is 9.71. The minimum Gasteiger partial charge on any atom is -0.480 e. The Labute approximate surface area is 162 Å². The van der Waals surface area contributed by atoms with Crippen molar-refractivity contribution >= 4 is 11.7 Å². The Bertz CT molecular complexity index is 799. The maximum Gasteiger partial charge on any atom is 0.320 e. The molecule has 27 heavy (non-hydrogen) atoms. The molecule has 0 amide bonds. The van der Waals surface area contributed by atoms with Gasteiger partial charge in [-0.2, -0.15) is 0 Å². The van der Waals surface area contributed by atoms with Crippen molar-refractivity contribution in [2.75, 3.05) is 25.5 Å². The summed E-state index contributed by atoms with van der Waals surface area (Å²) in [7, 11) is 4.06. The number of carboxylic acid groups (broad SMARTS) is 1. The third kappa shape index (κ3) is 4.16. The van der Waals surface area contributed by atoms with Gasteiger partial charge in [-0.1, -0.05) is 42.3 Å². The summed E-state index contributed by atoms with van der Waals surface area (Å²) in [5.74, 6) is -0.714. The number of carbonyl (C=O) groups is 1. The fraction of sp³-hybridized carbons (Fsp3) is 0.435. The van der Waals surface area contributed by atoms with Crippen LogP contribution in [0.4, 0.5) is 5.69 Å². The highest BCUT2D eigenvalue weighted by Gasteiger charge is 2.35. The second-order valence-electron chi connectivity index (χ2n) is 7.84. The Morgan fingerprint density at radius 1 is 1.11 bits per heavy atom. The van der Waals surface area contributed by atoms with Crippen LogP contribution in [0, 0.1) is 13.8 Å². The average molecular weight is 367 g/mol. The van der Waals surface area contributed by atoms with Gasteiger partial charge >= 0.3 is 5.97 Å². The third-order valence-corrected chi connectivity index (χ3v) is 5.61. The summed E-state index contributed by atoms with van der Waals surface area (Å²) in [6.07, 6.45) is 2.74. The Morgan fingerprint density at radius 2 is 1.81 bits per heavy atom. The van der Waals surface area contributed by atoms with Crippen molar-refractivity contribution in [1.29, 1.82) is 0 Å². The molecule has 0 aliphatic carbocycles. The molecule has 3 rings (SSSR count). The first-order chi connectivity index (χ1) is 12.9. The van der Waals surface area contributed by atoms with Gasteiger partial charge in [0, 0.05) is 19.8 Å². The molecule has 4 heteroatoms. The minimum absolute atomic E-state index is 0.0387. The molecular weight excluding hydrogens is 336 g/mol. The molecule has 1 saturated heterocycles. The van der Waals surface area contributed by atoms with E-state index in [0.717, 1.165) is 30.6 Å². The number of aliphatic carboxylic acids is 1. The fourth-order valence-electron chi connectivity index (χ4n) is 4.16. The number of rotatable bonds is 5. The predicted molar refractivity (Wildman–Crippen MR) is 111 cm³/mol. The number of aryl methyl sites for hydroxylation is 2. The van der Waals surface area contributed by atoms with Crippen LogP contribution in [-0.4, -0.2) is 42.7 Å². The molecule has 0 radical (unpaired) electrons. The monoisotopic (exact) mass is 366 g/mol. The van der Waals surface area contributed by atoms with Gasteiger partial charge in [0.05, 0.1) is 6.04 Å². The highest BCUT2D eigenvalue weighted by molar-refractivity contribution is 5.73. The molecule has 1 aliphatic heterocycles. The van der Waals surface area contributed by atoms with Crippen LogP contribution in [-0.2, 0) is 4.79 Å². The second kappa shape index (κ2) is 8.13. The van der Waals surface area contributed by atoms with Gasteiger partial charge in [-0.15, -0.1) is 0 Å². The van der Waals surface area contributed by atoms with Crippen LogP contribution in [0.15, 0.2) is 42.5 Å². The van der Waals surface area contributed by atoms with Crippen molar-refractivity contribution in [1.82, 2.24) is 4.90 Å². The molecule has 0 aromatic heterocycles. The SMILES string of the molecule is Cc1ccc(C(c2ccc(N(C)C)cc2)N2CCCCC2C(=O)O)c(C)c1. The van der Waals surface area contributed by atoms with E-state index in [4.69, 9.17) is 0 Å². The maximum atomic E-state index is 12.0. The standard InChI is InChI=1S/C23H30N2O2/c1-16-8-13-20(17(2)15-16)22(18-9-11-19(12-10-18)24(3)4)25-14-6-5-7-21(25)23(26)27/h8-13,15,21-22H,5-7,14H2,1-4H3,(H,26,27). The largest absolute Gasteiger partial charge is 0.480 e. The van der Waals surface area contributed by atoms with Gasteiger partial charge < -0.3 is 10.0 Å².